The van der Waals surface area contributed by atoms with Crippen LogP contribution in [-0.2, 0) is 16.1 Å². The van der Waals surface area contributed by atoms with E-state index in [1.54, 1.807) is 12.0 Å². The minimum Gasteiger partial charge on any atom is -0.497 e. The van der Waals surface area contributed by atoms with Crippen molar-refractivity contribution in [3.8, 4) is 5.75 Å². The highest BCUT2D eigenvalue weighted by Crippen LogP contribution is 2.22. The minimum absolute atomic E-state index is 0.126. The normalized spacial score (nSPS) is 20.7. The summed E-state index contributed by atoms with van der Waals surface area (Å²) in [5.41, 5.74) is 0.727. The van der Waals surface area contributed by atoms with Crippen LogP contribution in [0.3, 0.4) is 0 Å². The number of piperazine rings is 1. The van der Waals surface area contributed by atoms with Gasteiger partial charge in [-0.15, -0.1) is 0 Å². The van der Waals surface area contributed by atoms with Crippen LogP contribution in [0.5, 0.6) is 5.75 Å². The lowest BCUT2D eigenvalue weighted by molar-refractivity contribution is -0.139. The molecule has 166 valence electrons. The summed E-state index contributed by atoms with van der Waals surface area (Å²) in [4.78, 5) is 31.5. The van der Waals surface area contributed by atoms with E-state index in [1.165, 1.54) is 5.56 Å². The van der Waals surface area contributed by atoms with Gasteiger partial charge in [-0.25, -0.2) is 4.79 Å². The molecule has 3 rings (SSSR count). The van der Waals surface area contributed by atoms with Crippen molar-refractivity contribution in [1.82, 2.24) is 14.7 Å². The summed E-state index contributed by atoms with van der Waals surface area (Å²) < 4.78 is 10.7. The molecular weight excluding hydrogens is 382 g/mol. The Morgan fingerprint density at radius 1 is 1.00 bits per heavy atom. The van der Waals surface area contributed by atoms with Gasteiger partial charge in [-0.2, -0.15) is 0 Å². The second kappa shape index (κ2) is 9.69. The number of likely N-dealkylation sites (tertiary alicyclic amines) is 1. The summed E-state index contributed by atoms with van der Waals surface area (Å²) in [5.74, 6) is 0.911. The summed E-state index contributed by atoms with van der Waals surface area (Å²) in [5, 5.41) is 0. The maximum atomic E-state index is 13.1. The molecule has 2 saturated heterocycles. The molecule has 0 bridgehead atoms. The highest BCUT2D eigenvalue weighted by Gasteiger charge is 2.34. The van der Waals surface area contributed by atoms with Crippen molar-refractivity contribution in [2.75, 3.05) is 46.4 Å². The highest BCUT2D eigenvalue weighted by molar-refractivity contribution is 5.80. The molecule has 0 aromatic heterocycles. The van der Waals surface area contributed by atoms with E-state index in [1.807, 2.05) is 37.8 Å². The van der Waals surface area contributed by atoms with E-state index in [0.29, 0.717) is 13.1 Å². The zero-order chi connectivity index (χ0) is 21.7. The zero-order valence-electron chi connectivity index (χ0n) is 18.7. The van der Waals surface area contributed by atoms with E-state index < -0.39 is 5.60 Å². The molecule has 1 unspecified atom stereocenters. The van der Waals surface area contributed by atoms with Crippen LogP contribution >= 0.6 is 0 Å². The Morgan fingerprint density at radius 3 is 2.27 bits per heavy atom. The summed E-state index contributed by atoms with van der Waals surface area (Å²) in [7, 11) is 1.67. The number of nitrogens with zero attached hydrogens (tertiary/aromatic N) is 3. The standard InChI is InChI=1S/C23H35N3O4/c1-23(2,3)30-22(28)26-11-5-6-19(17-26)21(27)25-14-12-24(13-15-25)16-18-7-9-20(29-4)10-8-18/h7-10,19H,5-6,11-17H2,1-4H3. The second-order valence-electron chi connectivity index (χ2n) is 9.22. The lowest BCUT2D eigenvalue weighted by Crippen LogP contribution is -2.53. The third-order valence-corrected chi connectivity index (χ3v) is 5.67. The van der Waals surface area contributed by atoms with Gasteiger partial charge in [0.15, 0.2) is 0 Å². The number of ether oxygens (including phenoxy) is 2. The number of amides is 2. The largest absolute Gasteiger partial charge is 0.497 e. The number of benzene rings is 1. The summed E-state index contributed by atoms with van der Waals surface area (Å²) >= 11 is 0. The van der Waals surface area contributed by atoms with Crippen LogP contribution < -0.4 is 4.74 Å². The van der Waals surface area contributed by atoms with Crippen molar-refractivity contribution in [2.24, 2.45) is 5.92 Å². The average Bonchev–Trinajstić information content (AvgIpc) is 2.73. The van der Waals surface area contributed by atoms with E-state index in [0.717, 1.165) is 51.3 Å². The molecule has 0 N–H and O–H groups in total. The Morgan fingerprint density at radius 2 is 1.67 bits per heavy atom. The average molecular weight is 418 g/mol. The van der Waals surface area contributed by atoms with E-state index in [9.17, 15) is 9.59 Å². The van der Waals surface area contributed by atoms with Crippen LogP contribution in [-0.4, -0.2) is 78.7 Å². The first-order valence-corrected chi connectivity index (χ1v) is 10.9. The van der Waals surface area contributed by atoms with E-state index in [4.69, 9.17) is 9.47 Å². The summed E-state index contributed by atoms with van der Waals surface area (Å²) in [6, 6.07) is 8.14. The van der Waals surface area contributed by atoms with Gasteiger partial charge in [-0.3, -0.25) is 9.69 Å². The maximum Gasteiger partial charge on any atom is 0.410 e. The summed E-state index contributed by atoms with van der Waals surface area (Å²) in [6.45, 7) is 10.8. The Kier molecular flexibility index (Phi) is 7.23. The van der Waals surface area contributed by atoms with Crippen LogP contribution in [0, 0.1) is 5.92 Å². The van der Waals surface area contributed by atoms with Gasteiger partial charge in [0.2, 0.25) is 5.91 Å². The van der Waals surface area contributed by atoms with E-state index in [2.05, 4.69) is 17.0 Å². The molecule has 2 fully saturated rings. The molecule has 7 nitrogen and oxygen atoms in total. The molecule has 2 aliphatic rings. The Bertz CT molecular complexity index is 721. The van der Waals surface area contributed by atoms with E-state index >= 15 is 0 Å². The molecule has 0 saturated carbocycles. The number of rotatable bonds is 4. The number of carbonyl (C=O) groups excluding carboxylic acids is 2. The van der Waals surface area contributed by atoms with Crippen LogP contribution in [0.25, 0.3) is 0 Å². The molecule has 2 aliphatic heterocycles. The maximum absolute atomic E-state index is 13.1. The fourth-order valence-electron chi connectivity index (χ4n) is 4.04. The van der Waals surface area contributed by atoms with Gasteiger partial charge < -0.3 is 19.3 Å². The first-order chi connectivity index (χ1) is 14.2. The lowest BCUT2D eigenvalue weighted by Gasteiger charge is -2.39. The zero-order valence-corrected chi connectivity index (χ0v) is 18.7. The fraction of sp³-hybridized carbons (Fsp3) is 0.652. The predicted octanol–water partition coefficient (Wildman–Crippen LogP) is 2.99. The van der Waals surface area contributed by atoms with E-state index in [-0.39, 0.29) is 17.9 Å². The molecule has 7 heteroatoms. The van der Waals surface area contributed by atoms with Gasteiger partial charge in [0, 0.05) is 45.8 Å². The fourth-order valence-corrected chi connectivity index (χ4v) is 4.04. The molecule has 1 atom stereocenters. The molecule has 30 heavy (non-hydrogen) atoms. The topological polar surface area (TPSA) is 62.3 Å². The van der Waals surface area contributed by atoms with Crippen molar-refractivity contribution >= 4 is 12.0 Å². The first kappa shape index (κ1) is 22.4. The van der Waals surface area contributed by atoms with Crippen LogP contribution in [0.4, 0.5) is 4.79 Å². The minimum atomic E-state index is -0.520. The molecule has 0 spiro atoms. The molecule has 0 aliphatic carbocycles. The number of carbonyl (C=O) groups is 2. The molecule has 1 aromatic rings. The van der Waals surface area contributed by atoms with Crippen LogP contribution in [0.1, 0.15) is 39.2 Å². The smallest absolute Gasteiger partial charge is 0.410 e. The molecule has 0 radical (unpaired) electrons. The number of hydrogen-bond acceptors (Lipinski definition) is 5. The van der Waals surface area contributed by atoms with Crippen molar-refractivity contribution < 1.29 is 19.1 Å². The van der Waals surface area contributed by atoms with Crippen LogP contribution in [0.15, 0.2) is 24.3 Å². The summed E-state index contributed by atoms with van der Waals surface area (Å²) in [6.07, 6.45) is 1.36. The highest BCUT2D eigenvalue weighted by atomic mass is 16.6. The third kappa shape index (κ3) is 6.11. The number of hydrogen-bond donors (Lipinski definition) is 0. The molecule has 2 heterocycles. The van der Waals surface area contributed by atoms with Crippen molar-refractivity contribution in [3.63, 3.8) is 0 Å². The Labute approximate surface area is 179 Å². The SMILES string of the molecule is COc1ccc(CN2CCN(C(=O)C3CCCN(C(=O)OC(C)(C)C)C3)CC2)cc1. The van der Waals surface area contributed by atoms with Crippen molar-refractivity contribution in [2.45, 2.75) is 45.8 Å². The van der Waals surface area contributed by atoms with Crippen LogP contribution in [0.2, 0.25) is 0 Å². The molecule has 1 aromatic carbocycles. The monoisotopic (exact) mass is 417 g/mol. The number of methoxy groups -OCH3 is 1. The van der Waals surface area contributed by atoms with Gasteiger partial charge >= 0.3 is 6.09 Å². The van der Waals surface area contributed by atoms with Gasteiger partial charge in [0.25, 0.3) is 0 Å². The van der Waals surface area contributed by atoms with Gasteiger partial charge in [0.05, 0.1) is 13.0 Å². The predicted molar refractivity (Wildman–Crippen MR) is 115 cm³/mol. The quantitative estimate of drug-likeness (QED) is 0.754. The van der Waals surface area contributed by atoms with Gasteiger partial charge in [-0.1, -0.05) is 12.1 Å². The van der Waals surface area contributed by atoms with Crippen molar-refractivity contribution in [1.29, 1.82) is 0 Å². The van der Waals surface area contributed by atoms with Crippen molar-refractivity contribution in [3.05, 3.63) is 29.8 Å². The Balaban J connectivity index is 1.47. The van der Waals surface area contributed by atoms with Gasteiger partial charge in [-0.05, 0) is 51.3 Å². The lowest BCUT2D eigenvalue weighted by atomic mass is 9.96. The third-order valence-electron chi connectivity index (χ3n) is 5.67. The molecular formula is C23H35N3O4. The van der Waals surface area contributed by atoms with Gasteiger partial charge in [0.1, 0.15) is 11.4 Å². The first-order valence-electron chi connectivity index (χ1n) is 10.9. The molecule has 2 amide bonds. The number of piperidine rings is 1. The Hall–Kier alpha value is -2.28. The second-order valence-corrected chi connectivity index (χ2v) is 9.22.